The van der Waals surface area contributed by atoms with Gasteiger partial charge in [-0.25, -0.2) is 0 Å². The number of fused-ring (bicyclic) bond motifs is 1. The van der Waals surface area contributed by atoms with E-state index >= 15 is 0 Å². The lowest BCUT2D eigenvalue weighted by Gasteiger charge is -2.16. The fourth-order valence-electron chi connectivity index (χ4n) is 3.78. The number of allylic oxidation sites excluding steroid dienone is 2. The lowest BCUT2D eigenvalue weighted by Crippen LogP contribution is -2.31. The normalized spacial score (nSPS) is 21.0. The molecule has 1 aliphatic heterocycles. The van der Waals surface area contributed by atoms with Crippen LogP contribution in [0.4, 0.5) is 11.4 Å². The number of hydrogen-bond acceptors (Lipinski definition) is 3. The van der Waals surface area contributed by atoms with Crippen molar-refractivity contribution in [1.29, 1.82) is 0 Å². The molecule has 28 heavy (non-hydrogen) atoms. The number of carbonyl (C=O) groups excluding carboxylic acids is 3. The number of benzene rings is 2. The highest BCUT2D eigenvalue weighted by atomic mass is 35.5. The summed E-state index contributed by atoms with van der Waals surface area (Å²) >= 11 is 6.11. The topological polar surface area (TPSA) is 66.5 Å². The van der Waals surface area contributed by atoms with Crippen molar-refractivity contribution in [3.63, 3.8) is 0 Å². The maximum absolute atomic E-state index is 12.8. The van der Waals surface area contributed by atoms with Crippen LogP contribution in [0.25, 0.3) is 0 Å². The Bertz CT molecular complexity index is 989. The highest BCUT2D eigenvalue weighted by Crippen LogP contribution is 2.37. The molecule has 2 aliphatic rings. The first-order chi connectivity index (χ1) is 13.5. The van der Waals surface area contributed by atoms with Crippen LogP contribution in [0.2, 0.25) is 5.02 Å². The van der Waals surface area contributed by atoms with Crippen LogP contribution in [0.5, 0.6) is 0 Å². The van der Waals surface area contributed by atoms with Gasteiger partial charge in [0.15, 0.2) is 0 Å². The third kappa shape index (κ3) is 3.12. The van der Waals surface area contributed by atoms with Crippen molar-refractivity contribution >= 4 is 40.7 Å². The van der Waals surface area contributed by atoms with Crippen LogP contribution in [-0.4, -0.2) is 17.7 Å². The Morgan fingerprint density at radius 3 is 2.36 bits per heavy atom. The molecule has 0 radical (unpaired) electrons. The number of halogens is 1. The summed E-state index contributed by atoms with van der Waals surface area (Å²) in [5.41, 5.74) is 2.19. The van der Waals surface area contributed by atoms with E-state index in [1.807, 2.05) is 19.1 Å². The number of imide groups is 1. The highest BCUT2D eigenvalue weighted by Gasteiger charge is 2.47. The second-order valence-corrected chi connectivity index (χ2v) is 7.49. The summed E-state index contributed by atoms with van der Waals surface area (Å²) in [5.74, 6) is -1.32. The number of anilines is 2. The number of carbonyl (C=O) groups is 3. The van der Waals surface area contributed by atoms with Gasteiger partial charge in [-0.15, -0.1) is 0 Å². The molecule has 142 valence electrons. The predicted octanol–water partition coefficient (Wildman–Crippen LogP) is 4.36. The Morgan fingerprint density at radius 2 is 1.68 bits per heavy atom. The summed E-state index contributed by atoms with van der Waals surface area (Å²) < 4.78 is 0. The predicted molar refractivity (Wildman–Crippen MR) is 108 cm³/mol. The standard InChI is InChI=1S/C22H19ClN2O3/c1-13-18(23)10-5-11-19(13)24-20(26)14-6-4-7-15(12-14)25-21(27)16-8-2-3-9-17(16)22(25)28/h2-7,10-12,16-17H,8-9H2,1H3,(H,24,26)/t16-,17+. The van der Waals surface area contributed by atoms with Crippen LogP contribution in [0, 0.1) is 18.8 Å². The van der Waals surface area contributed by atoms with E-state index in [1.165, 1.54) is 4.90 Å². The Labute approximate surface area is 168 Å². The molecular weight excluding hydrogens is 376 g/mol. The number of rotatable bonds is 3. The minimum absolute atomic E-state index is 0.192. The summed E-state index contributed by atoms with van der Waals surface area (Å²) in [4.78, 5) is 39.5. The molecule has 2 aromatic rings. The van der Waals surface area contributed by atoms with Gasteiger partial charge in [0, 0.05) is 16.3 Å². The Balaban J connectivity index is 1.60. The highest BCUT2D eigenvalue weighted by molar-refractivity contribution is 6.31. The molecule has 3 amide bonds. The van der Waals surface area contributed by atoms with E-state index in [1.54, 1.807) is 42.5 Å². The van der Waals surface area contributed by atoms with E-state index < -0.39 is 0 Å². The fraction of sp³-hybridized carbons (Fsp3) is 0.227. The molecular formula is C22H19ClN2O3. The van der Waals surface area contributed by atoms with Crippen molar-refractivity contribution < 1.29 is 14.4 Å². The monoisotopic (exact) mass is 394 g/mol. The minimum atomic E-state index is -0.328. The van der Waals surface area contributed by atoms with E-state index in [0.29, 0.717) is 34.8 Å². The average molecular weight is 395 g/mol. The van der Waals surface area contributed by atoms with E-state index in [0.717, 1.165) is 5.56 Å². The zero-order valence-electron chi connectivity index (χ0n) is 15.3. The van der Waals surface area contributed by atoms with Gasteiger partial charge in [0.2, 0.25) is 11.8 Å². The molecule has 6 heteroatoms. The minimum Gasteiger partial charge on any atom is -0.322 e. The summed E-state index contributed by atoms with van der Waals surface area (Å²) in [7, 11) is 0. The Hall–Kier alpha value is -2.92. The third-order valence-corrected chi connectivity index (χ3v) is 5.80. The first kappa shape index (κ1) is 18.4. The van der Waals surface area contributed by atoms with Crippen LogP contribution >= 0.6 is 11.6 Å². The summed E-state index contributed by atoms with van der Waals surface area (Å²) in [6.07, 6.45) is 5.07. The quantitative estimate of drug-likeness (QED) is 0.621. The lowest BCUT2D eigenvalue weighted by molar-refractivity contribution is -0.122. The SMILES string of the molecule is Cc1c(Cl)cccc1NC(=O)c1cccc(N2C(=O)[C@H]3CC=CC[C@H]3C2=O)c1. The molecule has 2 aromatic carbocycles. The van der Waals surface area contributed by atoms with Gasteiger partial charge in [0.25, 0.3) is 5.91 Å². The molecule has 0 spiro atoms. The van der Waals surface area contributed by atoms with Crippen molar-refractivity contribution in [2.75, 3.05) is 10.2 Å². The van der Waals surface area contributed by atoms with Crippen molar-refractivity contribution in [1.82, 2.24) is 0 Å². The molecule has 1 aliphatic carbocycles. The maximum atomic E-state index is 12.8. The molecule has 1 fully saturated rings. The molecule has 1 N–H and O–H groups in total. The van der Waals surface area contributed by atoms with E-state index in [4.69, 9.17) is 11.6 Å². The van der Waals surface area contributed by atoms with Crippen LogP contribution in [0.3, 0.4) is 0 Å². The second-order valence-electron chi connectivity index (χ2n) is 7.08. The summed E-state index contributed by atoms with van der Waals surface area (Å²) in [5, 5.41) is 3.40. The van der Waals surface area contributed by atoms with Gasteiger partial charge in [0.05, 0.1) is 17.5 Å². The first-order valence-corrected chi connectivity index (χ1v) is 9.54. The Kier molecular flexibility index (Phi) is 4.77. The van der Waals surface area contributed by atoms with Gasteiger partial charge in [-0.05, 0) is 55.7 Å². The number of hydrogen-bond donors (Lipinski definition) is 1. The summed E-state index contributed by atoms with van der Waals surface area (Å²) in [6.45, 7) is 1.83. The second kappa shape index (κ2) is 7.24. The molecule has 1 saturated heterocycles. The molecule has 1 heterocycles. The zero-order chi connectivity index (χ0) is 19.8. The number of amides is 3. The van der Waals surface area contributed by atoms with Crippen LogP contribution in [0.15, 0.2) is 54.6 Å². The van der Waals surface area contributed by atoms with Gasteiger partial charge in [0.1, 0.15) is 0 Å². The van der Waals surface area contributed by atoms with Crippen LogP contribution in [-0.2, 0) is 9.59 Å². The number of nitrogens with one attached hydrogen (secondary N) is 1. The Morgan fingerprint density at radius 1 is 1.04 bits per heavy atom. The lowest BCUT2D eigenvalue weighted by atomic mass is 9.85. The fourth-order valence-corrected chi connectivity index (χ4v) is 3.95. The zero-order valence-corrected chi connectivity index (χ0v) is 16.1. The average Bonchev–Trinajstić information content (AvgIpc) is 2.96. The van der Waals surface area contributed by atoms with Gasteiger partial charge >= 0.3 is 0 Å². The molecule has 4 rings (SSSR count). The third-order valence-electron chi connectivity index (χ3n) is 5.39. The largest absolute Gasteiger partial charge is 0.322 e. The van der Waals surface area contributed by atoms with Crippen LogP contribution in [0.1, 0.15) is 28.8 Å². The van der Waals surface area contributed by atoms with Crippen molar-refractivity contribution in [2.24, 2.45) is 11.8 Å². The van der Waals surface area contributed by atoms with Crippen molar-refractivity contribution in [3.05, 3.63) is 70.8 Å². The van der Waals surface area contributed by atoms with E-state index in [9.17, 15) is 14.4 Å². The molecule has 0 bridgehead atoms. The van der Waals surface area contributed by atoms with Gasteiger partial charge in [-0.1, -0.05) is 35.9 Å². The smallest absolute Gasteiger partial charge is 0.255 e. The van der Waals surface area contributed by atoms with Crippen molar-refractivity contribution in [3.8, 4) is 0 Å². The first-order valence-electron chi connectivity index (χ1n) is 9.16. The summed E-state index contributed by atoms with van der Waals surface area (Å²) in [6, 6.07) is 11.9. The number of nitrogens with zero attached hydrogens (tertiary/aromatic N) is 1. The van der Waals surface area contributed by atoms with Gasteiger partial charge in [-0.2, -0.15) is 0 Å². The molecule has 0 aromatic heterocycles. The molecule has 0 unspecified atom stereocenters. The maximum Gasteiger partial charge on any atom is 0.255 e. The van der Waals surface area contributed by atoms with Gasteiger partial charge < -0.3 is 5.32 Å². The van der Waals surface area contributed by atoms with E-state index in [2.05, 4.69) is 5.32 Å². The van der Waals surface area contributed by atoms with Crippen LogP contribution < -0.4 is 10.2 Å². The molecule has 2 atom stereocenters. The van der Waals surface area contributed by atoms with Gasteiger partial charge in [-0.3, -0.25) is 19.3 Å². The van der Waals surface area contributed by atoms with Crippen molar-refractivity contribution in [2.45, 2.75) is 19.8 Å². The molecule has 0 saturated carbocycles. The van der Waals surface area contributed by atoms with E-state index in [-0.39, 0.29) is 29.6 Å². The molecule has 5 nitrogen and oxygen atoms in total.